The van der Waals surface area contributed by atoms with E-state index in [0.717, 1.165) is 44.0 Å². The quantitative estimate of drug-likeness (QED) is 0.786. The Morgan fingerprint density at radius 2 is 1.83 bits per heavy atom. The van der Waals surface area contributed by atoms with E-state index < -0.39 is 0 Å². The van der Waals surface area contributed by atoms with E-state index in [9.17, 15) is 4.79 Å². The summed E-state index contributed by atoms with van der Waals surface area (Å²) < 4.78 is 5.13. The lowest BCUT2D eigenvalue weighted by Crippen LogP contribution is -2.51. The highest BCUT2D eigenvalue weighted by atomic mass is 16.5. The monoisotopic (exact) mass is 319 g/mol. The van der Waals surface area contributed by atoms with Crippen LogP contribution in [0.5, 0.6) is 5.75 Å². The molecule has 23 heavy (non-hydrogen) atoms. The van der Waals surface area contributed by atoms with Crippen molar-refractivity contribution in [3.8, 4) is 5.75 Å². The Labute approximate surface area is 139 Å². The van der Waals surface area contributed by atoms with Gasteiger partial charge in [0.2, 0.25) is 0 Å². The molecule has 0 bridgehead atoms. The molecule has 0 atom stereocenters. The van der Waals surface area contributed by atoms with Crippen LogP contribution < -0.4 is 10.1 Å². The first-order valence-electron chi connectivity index (χ1n) is 8.61. The fourth-order valence-corrected chi connectivity index (χ4v) is 2.79. The van der Waals surface area contributed by atoms with Gasteiger partial charge in [-0.25, -0.2) is 4.79 Å². The summed E-state index contributed by atoms with van der Waals surface area (Å²) in [5, 5.41) is 3.00. The summed E-state index contributed by atoms with van der Waals surface area (Å²) in [4.78, 5) is 16.6. The number of methoxy groups -OCH3 is 1. The van der Waals surface area contributed by atoms with Gasteiger partial charge in [0.25, 0.3) is 0 Å². The number of piperazine rings is 1. The van der Waals surface area contributed by atoms with E-state index in [1.165, 1.54) is 19.3 Å². The van der Waals surface area contributed by atoms with Crippen LogP contribution in [0.25, 0.3) is 0 Å². The third-order valence-corrected chi connectivity index (χ3v) is 4.34. The van der Waals surface area contributed by atoms with Gasteiger partial charge in [0, 0.05) is 32.7 Å². The molecule has 0 unspecified atom stereocenters. The molecule has 5 heteroatoms. The highest BCUT2D eigenvalue weighted by molar-refractivity contribution is 5.74. The molecule has 1 heterocycles. The molecule has 0 aromatic heterocycles. The Morgan fingerprint density at radius 1 is 1.13 bits per heavy atom. The topological polar surface area (TPSA) is 44.8 Å². The average Bonchev–Trinajstić information content (AvgIpc) is 2.61. The fourth-order valence-electron chi connectivity index (χ4n) is 2.79. The first-order valence-corrected chi connectivity index (χ1v) is 8.61. The number of carbonyl (C=O) groups is 1. The van der Waals surface area contributed by atoms with Crippen LogP contribution in [0.1, 0.15) is 31.7 Å². The molecular formula is C18H29N3O2. The van der Waals surface area contributed by atoms with Crippen LogP contribution in [0.3, 0.4) is 0 Å². The van der Waals surface area contributed by atoms with Crippen LogP contribution in [0.15, 0.2) is 24.3 Å². The fraction of sp³-hybridized carbons (Fsp3) is 0.611. The third-order valence-electron chi connectivity index (χ3n) is 4.34. The van der Waals surface area contributed by atoms with Gasteiger partial charge < -0.3 is 15.0 Å². The van der Waals surface area contributed by atoms with Gasteiger partial charge in [0.05, 0.1) is 7.11 Å². The summed E-state index contributed by atoms with van der Waals surface area (Å²) >= 11 is 0. The van der Waals surface area contributed by atoms with Gasteiger partial charge in [-0.1, -0.05) is 31.9 Å². The molecule has 1 aromatic carbocycles. The highest BCUT2D eigenvalue weighted by Crippen LogP contribution is 2.11. The molecule has 0 radical (unpaired) electrons. The SMILES string of the molecule is CCCCCN1CCN(C(=O)NCc2ccc(OC)cc2)CC1. The van der Waals surface area contributed by atoms with E-state index in [4.69, 9.17) is 4.74 Å². The largest absolute Gasteiger partial charge is 0.497 e. The summed E-state index contributed by atoms with van der Waals surface area (Å²) in [5.41, 5.74) is 1.08. The van der Waals surface area contributed by atoms with Crippen LogP contribution in [-0.4, -0.2) is 55.7 Å². The Balaban J connectivity index is 1.68. The van der Waals surface area contributed by atoms with E-state index in [1.54, 1.807) is 7.11 Å². The molecule has 1 aliphatic heterocycles. The average molecular weight is 319 g/mol. The summed E-state index contributed by atoms with van der Waals surface area (Å²) in [6.07, 6.45) is 3.82. The first kappa shape index (κ1) is 17.6. The number of nitrogens with one attached hydrogen (secondary N) is 1. The molecule has 1 aliphatic rings. The zero-order chi connectivity index (χ0) is 16.5. The van der Waals surface area contributed by atoms with Crippen LogP contribution in [-0.2, 0) is 6.54 Å². The number of amides is 2. The van der Waals surface area contributed by atoms with E-state index in [2.05, 4.69) is 17.1 Å². The van der Waals surface area contributed by atoms with Crippen molar-refractivity contribution in [3.05, 3.63) is 29.8 Å². The molecule has 2 amide bonds. The molecule has 0 spiro atoms. The number of hydrogen-bond donors (Lipinski definition) is 1. The molecule has 5 nitrogen and oxygen atoms in total. The van der Waals surface area contributed by atoms with Crippen molar-refractivity contribution < 1.29 is 9.53 Å². The lowest BCUT2D eigenvalue weighted by atomic mass is 10.2. The Hall–Kier alpha value is -1.75. The number of rotatable bonds is 7. The van der Waals surface area contributed by atoms with Crippen LogP contribution >= 0.6 is 0 Å². The predicted octanol–water partition coefficient (Wildman–Crippen LogP) is 2.71. The molecule has 1 saturated heterocycles. The van der Waals surface area contributed by atoms with Gasteiger partial charge >= 0.3 is 6.03 Å². The van der Waals surface area contributed by atoms with Crippen LogP contribution in [0, 0.1) is 0 Å². The maximum Gasteiger partial charge on any atom is 0.317 e. The molecule has 128 valence electrons. The van der Waals surface area contributed by atoms with Crippen molar-refractivity contribution in [2.45, 2.75) is 32.7 Å². The van der Waals surface area contributed by atoms with Crippen molar-refractivity contribution in [2.24, 2.45) is 0 Å². The smallest absolute Gasteiger partial charge is 0.317 e. The molecule has 1 fully saturated rings. The molecular weight excluding hydrogens is 290 g/mol. The predicted molar refractivity (Wildman–Crippen MR) is 92.8 cm³/mol. The summed E-state index contributed by atoms with van der Waals surface area (Å²) in [6, 6.07) is 7.82. The Morgan fingerprint density at radius 3 is 2.43 bits per heavy atom. The normalized spacial score (nSPS) is 15.5. The lowest BCUT2D eigenvalue weighted by molar-refractivity contribution is 0.138. The second kappa shape index (κ2) is 9.40. The zero-order valence-electron chi connectivity index (χ0n) is 14.4. The van der Waals surface area contributed by atoms with Crippen molar-refractivity contribution in [1.29, 1.82) is 0 Å². The van der Waals surface area contributed by atoms with Gasteiger partial charge in [-0.3, -0.25) is 4.90 Å². The Bertz CT molecular complexity index is 468. The van der Waals surface area contributed by atoms with Crippen molar-refractivity contribution in [3.63, 3.8) is 0 Å². The minimum absolute atomic E-state index is 0.0361. The lowest BCUT2D eigenvalue weighted by Gasteiger charge is -2.34. The third kappa shape index (κ3) is 5.75. The minimum atomic E-state index is 0.0361. The number of urea groups is 1. The summed E-state index contributed by atoms with van der Waals surface area (Å²) in [7, 11) is 1.65. The molecule has 2 rings (SSSR count). The maximum atomic E-state index is 12.2. The number of benzene rings is 1. The maximum absolute atomic E-state index is 12.2. The summed E-state index contributed by atoms with van der Waals surface area (Å²) in [5.74, 6) is 0.833. The van der Waals surface area contributed by atoms with Crippen LogP contribution in [0.4, 0.5) is 4.79 Å². The zero-order valence-corrected chi connectivity index (χ0v) is 14.4. The number of ether oxygens (including phenoxy) is 1. The number of unbranched alkanes of at least 4 members (excludes halogenated alkanes) is 2. The van der Waals surface area contributed by atoms with Gasteiger partial charge in [-0.15, -0.1) is 0 Å². The van der Waals surface area contributed by atoms with Gasteiger partial charge in [-0.05, 0) is 30.7 Å². The number of carbonyl (C=O) groups excluding carboxylic acids is 1. The molecule has 0 aliphatic carbocycles. The highest BCUT2D eigenvalue weighted by Gasteiger charge is 2.20. The Kier molecular flexibility index (Phi) is 7.20. The molecule has 1 aromatic rings. The van der Waals surface area contributed by atoms with Gasteiger partial charge in [0.1, 0.15) is 5.75 Å². The second-order valence-corrected chi connectivity index (χ2v) is 6.04. The van der Waals surface area contributed by atoms with Crippen LogP contribution in [0.2, 0.25) is 0 Å². The van der Waals surface area contributed by atoms with Gasteiger partial charge in [-0.2, -0.15) is 0 Å². The minimum Gasteiger partial charge on any atom is -0.497 e. The van der Waals surface area contributed by atoms with Gasteiger partial charge in [0.15, 0.2) is 0 Å². The molecule has 1 N–H and O–H groups in total. The number of nitrogens with zero attached hydrogens (tertiary/aromatic N) is 2. The van der Waals surface area contributed by atoms with E-state index in [0.29, 0.717) is 6.54 Å². The first-order chi connectivity index (χ1) is 11.2. The summed E-state index contributed by atoms with van der Waals surface area (Å²) in [6.45, 7) is 7.56. The van der Waals surface area contributed by atoms with Crippen molar-refractivity contribution >= 4 is 6.03 Å². The standard InChI is InChI=1S/C18H29N3O2/c1-3-4-5-10-20-11-13-21(14-12-20)18(22)19-15-16-6-8-17(23-2)9-7-16/h6-9H,3-5,10-15H2,1-2H3,(H,19,22). The second-order valence-electron chi connectivity index (χ2n) is 6.04. The number of hydrogen-bond acceptors (Lipinski definition) is 3. The van der Waals surface area contributed by atoms with Crippen molar-refractivity contribution in [2.75, 3.05) is 39.8 Å². The van der Waals surface area contributed by atoms with Crippen molar-refractivity contribution in [1.82, 2.24) is 15.1 Å². The van der Waals surface area contributed by atoms with E-state index in [1.807, 2.05) is 29.2 Å². The molecule has 0 saturated carbocycles. The van der Waals surface area contributed by atoms with E-state index in [-0.39, 0.29) is 6.03 Å². The van der Waals surface area contributed by atoms with E-state index >= 15 is 0 Å².